The van der Waals surface area contributed by atoms with Crippen molar-refractivity contribution in [1.82, 2.24) is 9.36 Å². The number of piperidine rings is 1. The van der Waals surface area contributed by atoms with E-state index in [2.05, 4.69) is 35.0 Å². The second kappa shape index (κ2) is 4.30. The Hall–Kier alpha value is -0.680. The molecule has 2 heterocycles. The minimum absolute atomic E-state index is 0.0344. The zero-order chi connectivity index (χ0) is 11.8. The van der Waals surface area contributed by atoms with Gasteiger partial charge in [0.15, 0.2) is 0 Å². The second-order valence-electron chi connectivity index (χ2n) is 5.50. The molecular formula is C11H20N4S. The topological polar surface area (TPSA) is 55.0 Å². The van der Waals surface area contributed by atoms with E-state index in [0.717, 1.165) is 36.9 Å². The predicted molar refractivity (Wildman–Crippen MR) is 68.0 cm³/mol. The minimum Gasteiger partial charge on any atom is -0.345 e. The van der Waals surface area contributed by atoms with E-state index in [1.54, 1.807) is 0 Å². The maximum Gasteiger partial charge on any atom is 0.205 e. The van der Waals surface area contributed by atoms with E-state index in [-0.39, 0.29) is 11.5 Å². The Labute approximate surface area is 101 Å². The summed E-state index contributed by atoms with van der Waals surface area (Å²) in [6.07, 6.45) is 2.28. The standard InChI is InChI=1S/C11H20N4S/c1-11(2,3)9-13-10(16-14-9)15-6-4-5-8(12)7-15/h8H,4-7,12H2,1-3H3. The van der Waals surface area contributed by atoms with Gasteiger partial charge < -0.3 is 10.6 Å². The van der Waals surface area contributed by atoms with Crippen LogP contribution in [0.1, 0.15) is 39.4 Å². The maximum atomic E-state index is 5.97. The summed E-state index contributed by atoms with van der Waals surface area (Å²) in [6.45, 7) is 8.40. The molecule has 1 aliphatic heterocycles. The van der Waals surface area contributed by atoms with Gasteiger partial charge in [0, 0.05) is 36.1 Å². The number of nitrogens with zero attached hydrogens (tertiary/aromatic N) is 3. The van der Waals surface area contributed by atoms with Crippen molar-refractivity contribution >= 4 is 16.7 Å². The zero-order valence-corrected chi connectivity index (χ0v) is 11.0. The Kier molecular flexibility index (Phi) is 3.17. The molecule has 5 heteroatoms. The molecule has 0 aliphatic carbocycles. The fourth-order valence-corrected chi connectivity index (χ4v) is 2.72. The Morgan fingerprint density at radius 2 is 2.19 bits per heavy atom. The first-order valence-electron chi connectivity index (χ1n) is 5.81. The Morgan fingerprint density at radius 3 is 2.75 bits per heavy atom. The van der Waals surface area contributed by atoms with Crippen molar-refractivity contribution in [2.24, 2.45) is 5.73 Å². The molecule has 0 spiro atoms. The Bertz CT molecular complexity index is 355. The van der Waals surface area contributed by atoms with Crippen LogP contribution in [0, 0.1) is 0 Å². The number of aromatic nitrogens is 2. The van der Waals surface area contributed by atoms with Gasteiger partial charge in [-0.1, -0.05) is 20.8 Å². The van der Waals surface area contributed by atoms with Gasteiger partial charge in [0.25, 0.3) is 0 Å². The lowest BCUT2D eigenvalue weighted by atomic mass is 9.96. The molecule has 16 heavy (non-hydrogen) atoms. The van der Waals surface area contributed by atoms with E-state index >= 15 is 0 Å². The Balaban J connectivity index is 2.12. The summed E-state index contributed by atoms with van der Waals surface area (Å²) >= 11 is 1.49. The normalized spacial score (nSPS) is 22.5. The van der Waals surface area contributed by atoms with Crippen molar-refractivity contribution in [2.75, 3.05) is 18.0 Å². The molecule has 1 aromatic heterocycles. The van der Waals surface area contributed by atoms with Crippen LogP contribution in [-0.2, 0) is 5.41 Å². The van der Waals surface area contributed by atoms with Crippen LogP contribution in [0.2, 0.25) is 0 Å². The molecule has 1 aliphatic rings. The quantitative estimate of drug-likeness (QED) is 0.812. The van der Waals surface area contributed by atoms with Crippen molar-refractivity contribution in [3.05, 3.63) is 5.82 Å². The molecule has 90 valence electrons. The monoisotopic (exact) mass is 240 g/mol. The third kappa shape index (κ3) is 2.52. The van der Waals surface area contributed by atoms with Crippen molar-refractivity contribution in [3.8, 4) is 0 Å². The molecule has 0 amide bonds. The fraction of sp³-hybridized carbons (Fsp3) is 0.818. The van der Waals surface area contributed by atoms with Crippen LogP contribution in [0.3, 0.4) is 0 Å². The SMILES string of the molecule is CC(C)(C)c1nsc(N2CCCC(N)C2)n1. The number of hydrogen-bond acceptors (Lipinski definition) is 5. The minimum atomic E-state index is 0.0344. The summed E-state index contributed by atoms with van der Waals surface area (Å²) in [6, 6.07) is 0.288. The molecular weight excluding hydrogens is 220 g/mol. The van der Waals surface area contributed by atoms with E-state index in [0.29, 0.717) is 0 Å². The molecule has 1 fully saturated rings. The van der Waals surface area contributed by atoms with E-state index in [4.69, 9.17) is 5.73 Å². The molecule has 1 saturated heterocycles. The van der Waals surface area contributed by atoms with Gasteiger partial charge in [-0.2, -0.15) is 4.37 Å². The second-order valence-corrected chi connectivity index (χ2v) is 6.23. The van der Waals surface area contributed by atoms with Crippen molar-refractivity contribution in [3.63, 3.8) is 0 Å². The molecule has 1 atom stereocenters. The lowest BCUT2D eigenvalue weighted by Gasteiger charge is -2.30. The first-order valence-corrected chi connectivity index (χ1v) is 6.59. The summed E-state index contributed by atoms with van der Waals surface area (Å²) in [7, 11) is 0. The Morgan fingerprint density at radius 1 is 1.44 bits per heavy atom. The lowest BCUT2D eigenvalue weighted by molar-refractivity contribution is 0.503. The molecule has 2 rings (SSSR count). The molecule has 0 bridgehead atoms. The first-order chi connectivity index (χ1) is 7.47. The molecule has 2 N–H and O–H groups in total. The summed E-state index contributed by atoms with van der Waals surface area (Å²) in [4.78, 5) is 6.88. The predicted octanol–water partition coefficient (Wildman–Crippen LogP) is 1.76. The summed E-state index contributed by atoms with van der Waals surface area (Å²) in [5.74, 6) is 0.937. The highest BCUT2D eigenvalue weighted by Gasteiger charge is 2.24. The molecule has 0 aromatic carbocycles. The molecule has 1 aromatic rings. The smallest absolute Gasteiger partial charge is 0.205 e. The van der Waals surface area contributed by atoms with Gasteiger partial charge in [-0.05, 0) is 12.8 Å². The van der Waals surface area contributed by atoms with Gasteiger partial charge in [0.2, 0.25) is 5.13 Å². The van der Waals surface area contributed by atoms with Crippen molar-refractivity contribution in [1.29, 1.82) is 0 Å². The van der Waals surface area contributed by atoms with Crippen LogP contribution < -0.4 is 10.6 Å². The number of nitrogens with two attached hydrogens (primary N) is 1. The zero-order valence-electron chi connectivity index (χ0n) is 10.2. The van der Waals surface area contributed by atoms with Crippen molar-refractivity contribution in [2.45, 2.75) is 45.1 Å². The first kappa shape index (κ1) is 11.8. The van der Waals surface area contributed by atoms with Gasteiger partial charge in [-0.15, -0.1) is 0 Å². The van der Waals surface area contributed by atoms with Crippen LogP contribution in [0.15, 0.2) is 0 Å². The van der Waals surface area contributed by atoms with Crippen LogP contribution in [0.5, 0.6) is 0 Å². The van der Waals surface area contributed by atoms with Crippen LogP contribution in [-0.4, -0.2) is 28.5 Å². The average Bonchev–Trinajstić information content (AvgIpc) is 2.65. The molecule has 0 radical (unpaired) electrons. The summed E-state index contributed by atoms with van der Waals surface area (Å²) in [5, 5.41) is 1.03. The third-order valence-electron chi connectivity index (χ3n) is 2.81. The van der Waals surface area contributed by atoms with Crippen molar-refractivity contribution < 1.29 is 0 Å². The van der Waals surface area contributed by atoms with Gasteiger partial charge in [0.05, 0.1) is 0 Å². The van der Waals surface area contributed by atoms with Gasteiger partial charge in [-0.3, -0.25) is 0 Å². The van der Waals surface area contributed by atoms with Crippen LogP contribution >= 0.6 is 11.5 Å². The van der Waals surface area contributed by atoms with Gasteiger partial charge in [-0.25, -0.2) is 4.98 Å². The largest absolute Gasteiger partial charge is 0.345 e. The highest BCUT2D eigenvalue weighted by Crippen LogP contribution is 2.26. The molecule has 4 nitrogen and oxygen atoms in total. The van der Waals surface area contributed by atoms with Gasteiger partial charge >= 0.3 is 0 Å². The van der Waals surface area contributed by atoms with Crippen LogP contribution in [0.25, 0.3) is 0 Å². The van der Waals surface area contributed by atoms with E-state index < -0.39 is 0 Å². The maximum absolute atomic E-state index is 5.97. The van der Waals surface area contributed by atoms with Crippen LogP contribution in [0.4, 0.5) is 5.13 Å². The summed E-state index contributed by atoms with van der Waals surface area (Å²) < 4.78 is 4.44. The molecule has 1 unspecified atom stereocenters. The van der Waals surface area contributed by atoms with E-state index in [1.807, 2.05) is 0 Å². The third-order valence-corrected chi connectivity index (χ3v) is 3.59. The van der Waals surface area contributed by atoms with E-state index in [1.165, 1.54) is 11.5 Å². The number of rotatable bonds is 1. The highest BCUT2D eigenvalue weighted by atomic mass is 32.1. The number of anilines is 1. The summed E-state index contributed by atoms with van der Waals surface area (Å²) in [5.41, 5.74) is 6.00. The average molecular weight is 240 g/mol. The van der Waals surface area contributed by atoms with Gasteiger partial charge in [0.1, 0.15) is 5.82 Å². The highest BCUT2D eigenvalue weighted by molar-refractivity contribution is 7.09. The van der Waals surface area contributed by atoms with E-state index in [9.17, 15) is 0 Å². The lowest BCUT2D eigenvalue weighted by Crippen LogP contribution is -2.42. The number of hydrogen-bond donors (Lipinski definition) is 1. The molecule has 0 saturated carbocycles. The fourth-order valence-electron chi connectivity index (χ4n) is 1.83.